The highest BCUT2D eigenvalue weighted by molar-refractivity contribution is 5.94. The molecule has 4 aromatic rings. The van der Waals surface area contributed by atoms with Gasteiger partial charge in [-0.1, -0.05) is 48.5 Å². The van der Waals surface area contributed by atoms with Gasteiger partial charge < -0.3 is 48.2 Å². The molecule has 0 aliphatic rings. The summed E-state index contributed by atoms with van der Waals surface area (Å²) in [6, 6.07) is 11.9. The van der Waals surface area contributed by atoms with Gasteiger partial charge in [-0.15, -0.1) is 0 Å². The summed E-state index contributed by atoms with van der Waals surface area (Å²) in [7, 11) is 0. The number of hydrogen-bond acceptors (Lipinski definition) is 7. The third-order valence-electron chi connectivity index (χ3n) is 7.54. The number of fused-ring (bicyclic) bond motifs is 1. The molecule has 47 heavy (non-hydrogen) atoms. The Morgan fingerprint density at radius 2 is 1.51 bits per heavy atom. The minimum absolute atomic E-state index is 0.00871. The lowest BCUT2D eigenvalue weighted by Crippen LogP contribution is -2.58. The molecule has 0 radical (unpaired) electrons. The van der Waals surface area contributed by atoms with Gasteiger partial charge in [-0.3, -0.25) is 19.4 Å². The first kappa shape index (κ1) is 34.2. The Morgan fingerprint density at radius 1 is 0.830 bits per heavy atom. The summed E-state index contributed by atoms with van der Waals surface area (Å²) in [5.41, 5.74) is 19.9. The zero-order valence-electron chi connectivity index (χ0n) is 25.7. The van der Waals surface area contributed by atoms with E-state index in [9.17, 15) is 24.3 Å². The van der Waals surface area contributed by atoms with Crippen molar-refractivity contribution in [2.45, 2.75) is 56.3 Å². The lowest BCUT2D eigenvalue weighted by Gasteiger charge is -2.25. The second-order valence-electron chi connectivity index (χ2n) is 11.1. The summed E-state index contributed by atoms with van der Waals surface area (Å²) in [6.45, 7) is 0.199. The van der Waals surface area contributed by atoms with E-state index in [0.717, 1.165) is 16.5 Å². The van der Waals surface area contributed by atoms with Crippen LogP contribution >= 0.6 is 0 Å². The average molecular weight is 645 g/mol. The van der Waals surface area contributed by atoms with Gasteiger partial charge in [0.25, 0.3) is 0 Å². The predicted molar refractivity (Wildman–Crippen MR) is 176 cm³/mol. The van der Waals surface area contributed by atoms with Gasteiger partial charge in [0.15, 0.2) is 5.96 Å². The van der Waals surface area contributed by atoms with E-state index < -0.39 is 47.9 Å². The van der Waals surface area contributed by atoms with Crippen molar-refractivity contribution in [2.75, 3.05) is 6.54 Å². The molecule has 2 aromatic heterocycles. The smallest absolute Gasteiger partial charge is 0.326 e. The lowest BCUT2D eigenvalue weighted by molar-refractivity contribution is -0.142. The van der Waals surface area contributed by atoms with Crippen LogP contribution in [0.5, 0.6) is 0 Å². The molecule has 4 atom stereocenters. The highest BCUT2D eigenvalue weighted by Crippen LogP contribution is 2.19. The Labute approximate surface area is 270 Å². The summed E-state index contributed by atoms with van der Waals surface area (Å²) in [5, 5.41) is 18.9. The number of carboxylic acids is 1. The summed E-state index contributed by atoms with van der Waals surface area (Å²) >= 11 is 0. The number of amides is 3. The zero-order valence-corrected chi connectivity index (χ0v) is 25.7. The fraction of sp³-hybridized carbons (Fsp3) is 0.312. The van der Waals surface area contributed by atoms with Crippen LogP contribution in [-0.4, -0.2) is 80.4 Å². The fourth-order valence-corrected chi connectivity index (χ4v) is 5.10. The van der Waals surface area contributed by atoms with Gasteiger partial charge in [-0.25, -0.2) is 9.78 Å². The van der Waals surface area contributed by atoms with E-state index in [1.807, 2.05) is 30.3 Å². The van der Waals surface area contributed by atoms with Crippen LogP contribution < -0.4 is 33.2 Å². The third-order valence-corrected chi connectivity index (χ3v) is 7.54. The number of nitrogens with zero attached hydrogens (tertiary/aromatic N) is 2. The van der Waals surface area contributed by atoms with Gasteiger partial charge in [0.2, 0.25) is 17.7 Å². The van der Waals surface area contributed by atoms with Gasteiger partial charge in [0, 0.05) is 54.8 Å². The number of aromatic amines is 2. The largest absolute Gasteiger partial charge is 0.480 e. The van der Waals surface area contributed by atoms with E-state index in [1.54, 1.807) is 36.7 Å². The third kappa shape index (κ3) is 10.2. The van der Waals surface area contributed by atoms with Crippen LogP contribution in [0.4, 0.5) is 0 Å². The molecule has 0 aliphatic carbocycles. The van der Waals surface area contributed by atoms with Crippen LogP contribution in [-0.2, 0) is 38.4 Å². The Hall–Kier alpha value is -5.70. The van der Waals surface area contributed by atoms with Crippen molar-refractivity contribution < 1.29 is 24.3 Å². The average Bonchev–Trinajstić information content (AvgIpc) is 3.72. The van der Waals surface area contributed by atoms with E-state index in [-0.39, 0.29) is 38.2 Å². The first-order chi connectivity index (χ1) is 22.6. The minimum atomic E-state index is -1.28. The Morgan fingerprint density at radius 3 is 2.21 bits per heavy atom. The van der Waals surface area contributed by atoms with Crippen LogP contribution in [0.15, 0.2) is 78.3 Å². The van der Waals surface area contributed by atoms with Crippen molar-refractivity contribution >= 4 is 40.6 Å². The van der Waals surface area contributed by atoms with Gasteiger partial charge in [0.1, 0.15) is 18.1 Å². The van der Waals surface area contributed by atoms with Crippen LogP contribution in [0.2, 0.25) is 0 Å². The number of rotatable bonds is 17. The van der Waals surface area contributed by atoms with E-state index >= 15 is 0 Å². The van der Waals surface area contributed by atoms with E-state index in [0.29, 0.717) is 17.7 Å². The number of carboxylic acid groups (broad SMARTS) is 1. The number of nitrogens with two attached hydrogens (primary N) is 3. The lowest BCUT2D eigenvalue weighted by atomic mass is 10.0. The number of para-hydroxylation sites is 1. The molecule has 0 fully saturated rings. The van der Waals surface area contributed by atoms with E-state index in [1.165, 1.54) is 6.33 Å². The Bertz CT molecular complexity index is 1670. The van der Waals surface area contributed by atoms with Crippen molar-refractivity contribution in [3.63, 3.8) is 0 Å². The van der Waals surface area contributed by atoms with Crippen molar-refractivity contribution in [1.82, 2.24) is 30.9 Å². The molecule has 2 heterocycles. The summed E-state index contributed by atoms with van der Waals surface area (Å²) in [6.07, 6.45) is 5.40. The number of aliphatic carboxylic acids is 1. The van der Waals surface area contributed by atoms with Gasteiger partial charge in [0.05, 0.1) is 12.4 Å². The monoisotopic (exact) mass is 644 g/mol. The Kier molecular flexibility index (Phi) is 12.0. The van der Waals surface area contributed by atoms with Crippen LogP contribution in [0.1, 0.15) is 29.7 Å². The van der Waals surface area contributed by atoms with Crippen molar-refractivity contribution in [1.29, 1.82) is 0 Å². The molecule has 0 spiro atoms. The second-order valence-corrected chi connectivity index (χ2v) is 11.1. The molecule has 0 bridgehead atoms. The number of benzene rings is 2. The van der Waals surface area contributed by atoms with Gasteiger partial charge in [-0.05, 0) is 30.0 Å². The molecule has 4 unspecified atom stereocenters. The number of aromatic nitrogens is 3. The SMILES string of the molecule is NC(N)=NCCCC(NC(=O)C(N)Cc1cnc[nH]1)C(=O)NC(Cc1ccccc1)C(=O)NC(Cc1c[nH]c2ccccc12)C(=O)O. The summed E-state index contributed by atoms with van der Waals surface area (Å²) in [4.78, 5) is 66.6. The highest BCUT2D eigenvalue weighted by atomic mass is 16.4. The molecule has 248 valence electrons. The molecule has 3 amide bonds. The summed E-state index contributed by atoms with van der Waals surface area (Å²) < 4.78 is 0. The standard InChI is InChI=1S/C32H40N10O5/c33-23(15-21-17-36-18-39-21)28(43)40-25(11-6-12-37-32(34)35)29(44)41-26(13-19-7-2-1-3-8-19)30(45)42-27(31(46)47)14-20-16-38-24-10-5-4-9-22(20)24/h1-5,7-10,16-18,23,25-27,38H,6,11-15,33H2,(H,36,39)(H,40,43)(H,41,44)(H,42,45)(H,46,47)(H4,34,35,37). The molecule has 12 N–H and O–H groups in total. The van der Waals surface area contributed by atoms with E-state index in [2.05, 4.69) is 35.9 Å². The predicted octanol–water partition coefficient (Wildman–Crippen LogP) is -0.161. The second kappa shape index (κ2) is 16.6. The molecule has 15 heteroatoms. The van der Waals surface area contributed by atoms with Crippen LogP contribution in [0, 0.1) is 0 Å². The van der Waals surface area contributed by atoms with Crippen molar-refractivity contribution in [3.8, 4) is 0 Å². The number of nitrogens with one attached hydrogen (secondary N) is 5. The number of aliphatic imine (C=N–C) groups is 1. The maximum absolute atomic E-state index is 13.7. The molecule has 0 saturated carbocycles. The number of guanidine groups is 1. The number of carbonyl (C=O) groups excluding carboxylic acids is 3. The maximum Gasteiger partial charge on any atom is 0.326 e. The quantitative estimate of drug-likeness (QED) is 0.0419. The molecular formula is C32H40N10O5. The van der Waals surface area contributed by atoms with Gasteiger partial charge in [-0.2, -0.15) is 0 Å². The zero-order chi connectivity index (χ0) is 33.8. The normalized spacial score (nSPS) is 13.6. The first-order valence-electron chi connectivity index (χ1n) is 15.1. The Balaban J connectivity index is 1.51. The molecule has 4 rings (SSSR count). The molecular weight excluding hydrogens is 604 g/mol. The number of H-pyrrole nitrogens is 2. The number of hydrogen-bond donors (Lipinski definition) is 9. The maximum atomic E-state index is 13.7. The van der Waals surface area contributed by atoms with Crippen LogP contribution in [0.3, 0.4) is 0 Å². The van der Waals surface area contributed by atoms with Gasteiger partial charge >= 0.3 is 5.97 Å². The molecule has 15 nitrogen and oxygen atoms in total. The van der Waals surface area contributed by atoms with Crippen molar-refractivity contribution in [2.24, 2.45) is 22.2 Å². The van der Waals surface area contributed by atoms with Crippen molar-refractivity contribution in [3.05, 3.63) is 90.1 Å². The fourth-order valence-electron chi connectivity index (χ4n) is 5.10. The minimum Gasteiger partial charge on any atom is -0.480 e. The van der Waals surface area contributed by atoms with Crippen LogP contribution in [0.25, 0.3) is 10.9 Å². The molecule has 0 saturated heterocycles. The summed E-state index contributed by atoms with van der Waals surface area (Å²) in [5.74, 6) is -3.29. The molecule has 0 aliphatic heterocycles. The topological polar surface area (TPSA) is 259 Å². The first-order valence-corrected chi connectivity index (χ1v) is 15.1. The van der Waals surface area contributed by atoms with E-state index in [4.69, 9.17) is 17.2 Å². The number of carbonyl (C=O) groups is 4. The number of imidazole rings is 1. The molecule has 2 aromatic carbocycles. The highest BCUT2D eigenvalue weighted by Gasteiger charge is 2.31.